The van der Waals surface area contributed by atoms with Crippen LogP contribution >= 0.6 is 24.0 Å². The molecule has 0 aliphatic carbocycles. The van der Waals surface area contributed by atoms with Gasteiger partial charge in [0, 0.05) is 6.54 Å². The van der Waals surface area contributed by atoms with Crippen molar-refractivity contribution in [1.82, 2.24) is 4.90 Å². The van der Waals surface area contributed by atoms with E-state index in [1.165, 1.54) is 16.7 Å². The first-order chi connectivity index (χ1) is 6.56. The second-order valence-electron chi connectivity index (χ2n) is 2.62. The number of carbonyl (C=O) groups is 2. The highest BCUT2D eigenvalue weighted by molar-refractivity contribution is 8.26. The maximum absolute atomic E-state index is 11.5. The molecule has 0 spiro atoms. The third-order valence-corrected chi connectivity index (χ3v) is 3.18. The lowest BCUT2D eigenvalue weighted by molar-refractivity contribution is -0.137. The molecule has 0 aromatic heterocycles. The summed E-state index contributed by atoms with van der Waals surface area (Å²) in [6.45, 7) is 1.90. The van der Waals surface area contributed by atoms with Gasteiger partial charge in [0.2, 0.25) is 0 Å². The van der Waals surface area contributed by atoms with Crippen molar-refractivity contribution in [2.24, 2.45) is 0 Å². The van der Waals surface area contributed by atoms with Crippen LogP contribution in [0.2, 0.25) is 0 Å². The molecule has 0 saturated carbocycles. The average molecular weight is 231 g/mol. The van der Waals surface area contributed by atoms with Gasteiger partial charge in [-0.05, 0) is 6.92 Å². The number of thioether (sulfide) groups is 1. The number of rotatable bonds is 3. The van der Waals surface area contributed by atoms with E-state index in [2.05, 4.69) is 0 Å². The Hall–Kier alpha value is -0.880. The smallest absolute Gasteiger partial charge is 0.305 e. The van der Waals surface area contributed by atoms with E-state index in [1.54, 1.807) is 13.0 Å². The number of carbonyl (C=O) groups excluding carboxylic acids is 1. The van der Waals surface area contributed by atoms with Crippen molar-refractivity contribution in [3.63, 3.8) is 0 Å². The van der Waals surface area contributed by atoms with Crippen molar-refractivity contribution >= 4 is 40.2 Å². The molecule has 0 atom stereocenters. The topological polar surface area (TPSA) is 57.6 Å². The molecule has 6 heteroatoms. The number of carboxylic acid groups (broad SMARTS) is 1. The second-order valence-corrected chi connectivity index (χ2v) is 4.30. The van der Waals surface area contributed by atoms with Gasteiger partial charge in [0.05, 0.1) is 11.3 Å². The van der Waals surface area contributed by atoms with E-state index in [0.29, 0.717) is 9.23 Å². The van der Waals surface area contributed by atoms with E-state index in [4.69, 9.17) is 17.3 Å². The lowest BCUT2D eigenvalue weighted by atomic mass is 10.4. The molecule has 4 nitrogen and oxygen atoms in total. The minimum Gasteiger partial charge on any atom is -0.481 e. The van der Waals surface area contributed by atoms with E-state index in [9.17, 15) is 9.59 Å². The van der Waals surface area contributed by atoms with Gasteiger partial charge in [-0.2, -0.15) is 0 Å². The standard InChI is InChI=1S/C8H9NO3S2/c1-2-5-7(12)9(8(13)14-5)4-3-6(10)11/h2H,3-4H2,1H3,(H,10,11)/b5-2-. The van der Waals surface area contributed by atoms with Crippen LogP contribution in [-0.2, 0) is 9.59 Å². The number of hydrogen-bond donors (Lipinski definition) is 1. The van der Waals surface area contributed by atoms with Crippen LogP contribution < -0.4 is 0 Å². The molecule has 0 unspecified atom stereocenters. The zero-order valence-electron chi connectivity index (χ0n) is 7.52. The van der Waals surface area contributed by atoms with E-state index in [-0.39, 0.29) is 18.9 Å². The summed E-state index contributed by atoms with van der Waals surface area (Å²) in [5.74, 6) is -1.12. The molecule has 1 heterocycles. The fourth-order valence-electron chi connectivity index (χ4n) is 0.991. The van der Waals surface area contributed by atoms with Crippen LogP contribution in [0, 0.1) is 0 Å². The molecule has 76 valence electrons. The molecule has 1 fully saturated rings. The third kappa shape index (κ3) is 2.33. The molecular weight excluding hydrogens is 222 g/mol. The summed E-state index contributed by atoms with van der Waals surface area (Å²) in [5, 5.41) is 8.47. The maximum atomic E-state index is 11.5. The zero-order chi connectivity index (χ0) is 10.7. The van der Waals surface area contributed by atoms with Crippen LogP contribution in [0.4, 0.5) is 0 Å². The number of allylic oxidation sites excluding steroid dienone is 1. The molecule has 1 N–H and O–H groups in total. The zero-order valence-corrected chi connectivity index (χ0v) is 9.15. The third-order valence-electron chi connectivity index (χ3n) is 1.69. The van der Waals surface area contributed by atoms with Crippen LogP contribution in [0.3, 0.4) is 0 Å². The molecule has 1 aliphatic heterocycles. The van der Waals surface area contributed by atoms with Crippen LogP contribution in [-0.4, -0.2) is 32.7 Å². The van der Waals surface area contributed by atoms with Gasteiger partial charge in [-0.25, -0.2) is 0 Å². The van der Waals surface area contributed by atoms with Gasteiger partial charge in [0.1, 0.15) is 4.32 Å². The molecule has 1 amide bonds. The highest BCUT2D eigenvalue weighted by atomic mass is 32.2. The van der Waals surface area contributed by atoms with Gasteiger partial charge < -0.3 is 5.11 Å². The summed E-state index contributed by atoms with van der Waals surface area (Å²) >= 11 is 6.16. The predicted octanol–water partition coefficient (Wildman–Crippen LogP) is 1.23. The minimum absolute atomic E-state index is 0.0799. The van der Waals surface area contributed by atoms with Crippen molar-refractivity contribution in [1.29, 1.82) is 0 Å². The normalized spacial score (nSPS) is 19.5. The van der Waals surface area contributed by atoms with Crippen LogP contribution in [0.1, 0.15) is 13.3 Å². The summed E-state index contributed by atoms with van der Waals surface area (Å²) in [6, 6.07) is 0. The summed E-state index contributed by atoms with van der Waals surface area (Å²) in [7, 11) is 0. The Balaban J connectivity index is 2.66. The minimum atomic E-state index is -0.931. The van der Waals surface area contributed by atoms with E-state index in [1.807, 2.05) is 0 Å². The molecule has 1 aliphatic rings. The molecule has 0 bridgehead atoms. The quantitative estimate of drug-likeness (QED) is 0.584. The molecule has 1 saturated heterocycles. The van der Waals surface area contributed by atoms with E-state index in [0.717, 1.165) is 0 Å². The Kier molecular flexibility index (Phi) is 3.65. The van der Waals surface area contributed by atoms with Gasteiger partial charge in [-0.3, -0.25) is 14.5 Å². The number of amides is 1. The lowest BCUT2D eigenvalue weighted by Gasteiger charge is -2.11. The molecule has 0 radical (unpaired) electrons. The molecule has 1 rings (SSSR count). The van der Waals surface area contributed by atoms with Crippen molar-refractivity contribution < 1.29 is 14.7 Å². The fraction of sp³-hybridized carbons (Fsp3) is 0.375. The fourth-order valence-corrected chi connectivity index (χ4v) is 2.22. The number of nitrogens with zero attached hydrogens (tertiary/aromatic N) is 1. The van der Waals surface area contributed by atoms with Gasteiger partial charge in [0.15, 0.2) is 0 Å². The second kappa shape index (κ2) is 4.56. The molecule has 14 heavy (non-hydrogen) atoms. The SMILES string of the molecule is C/C=C1\SC(=S)N(CCC(=O)O)C1=O. The van der Waals surface area contributed by atoms with Crippen molar-refractivity contribution in [2.75, 3.05) is 6.54 Å². The first kappa shape index (κ1) is 11.2. The van der Waals surface area contributed by atoms with Gasteiger partial charge in [-0.15, -0.1) is 0 Å². The Morgan fingerprint density at radius 2 is 2.36 bits per heavy atom. The highest BCUT2D eigenvalue weighted by Crippen LogP contribution is 2.30. The average Bonchev–Trinajstić information content (AvgIpc) is 2.39. The Morgan fingerprint density at radius 1 is 1.71 bits per heavy atom. The largest absolute Gasteiger partial charge is 0.481 e. The molecule has 0 aromatic rings. The summed E-state index contributed by atoms with van der Waals surface area (Å²) in [6.07, 6.45) is 1.60. The Morgan fingerprint density at radius 3 is 2.79 bits per heavy atom. The summed E-state index contributed by atoms with van der Waals surface area (Å²) in [4.78, 5) is 23.7. The van der Waals surface area contributed by atoms with E-state index < -0.39 is 5.97 Å². The highest BCUT2D eigenvalue weighted by Gasteiger charge is 2.31. The number of aliphatic carboxylic acids is 1. The van der Waals surface area contributed by atoms with Gasteiger partial charge in [-0.1, -0.05) is 30.1 Å². The van der Waals surface area contributed by atoms with Crippen molar-refractivity contribution in [2.45, 2.75) is 13.3 Å². The van der Waals surface area contributed by atoms with Crippen LogP contribution in [0.15, 0.2) is 11.0 Å². The van der Waals surface area contributed by atoms with Gasteiger partial charge >= 0.3 is 5.97 Å². The number of thiocarbonyl (C=S) groups is 1. The van der Waals surface area contributed by atoms with Crippen LogP contribution in [0.5, 0.6) is 0 Å². The molecule has 0 aromatic carbocycles. The summed E-state index contributed by atoms with van der Waals surface area (Å²) < 4.78 is 0.435. The van der Waals surface area contributed by atoms with Crippen molar-refractivity contribution in [3.8, 4) is 0 Å². The van der Waals surface area contributed by atoms with Crippen molar-refractivity contribution in [3.05, 3.63) is 11.0 Å². The first-order valence-corrected chi connectivity index (χ1v) is 5.20. The lowest BCUT2D eigenvalue weighted by Crippen LogP contribution is -2.30. The molecular formula is C8H9NO3S2. The van der Waals surface area contributed by atoms with Crippen LogP contribution in [0.25, 0.3) is 0 Å². The number of hydrogen-bond acceptors (Lipinski definition) is 4. The predicted molar refractivity (Wildman–Crippen MR) is 57.9 cm³/mol. The Bertz CT molecular complexity index is 325. The number of carboxylic acids is 1. The maximum Gasteiger partial charge on any atom is 0.305 e. The Labute approximate surface area is 91.0 Å². The van der Waals surface area contributed by atoms with E-state index >= 15 is 0 Å². The monoisotopic (exact) mass is 231 g/mol. The summed E-state index contributed by atoms with van der Waals surface area (Å²) in [5.41, 5.74) is 0. The van der Waals surface area contributed by atoms with Gasteiger partial charge in [0.25, 0.3) is 5.91 Å². The first-order valence-electron chi connectivity index (χ1n) is 3.98.